The topological polar surface area (TPSA) is 17.1 Å². The van der Waals surface area contributed by atoms with Crippen LogP contribution in [0.25, 0.3) is 0 Å². The third kappa shape index (κ3) is 25.9. The van der Waals surface area contributed by atoms with Gasteiger partial charge in [-0.1, -0.05) is 0 Å². The Morgan fingerprint density at radius 2 is 0.652 bits per heavy atom. The first kappa shape index (κ1) is 29.7. The molecule has 1 nitrogen and oxygen atoms in total. The normalized spacial score (nSPS) is 6.43. The van der Waals surface area contributed by atoms with Gasteiger partial charge in [-0.3, -0.25) is 0 Å². The van der Waals surface area contributed by atoms with E-state index in [1.807, 2.05) is 97.8 Å². The van der Waals surface area contributed by atoms with Crippen LogP contribution >= 0.6 is 22.3 Å². The number of hydrogen-bond donors (Lipinski definition) is 0. The van der Waals surface area contributed by atoms with Crippen LogP contribution in [0.15, 0.2) is 91.0 Å². The smallest absolute Gasteiger partial charge is 0.307 e. The van der Waals surface area contributed by atoms with Gasteiger partial charge < -0.3 is 4.79 Å². The molecule has 0 heterocycles. The number of benzene rings is 3. The molecule has 0 aromatic heterocycles. The maximum atomic E-state index is 8.00. The van der Waals surface area contributed by atoms with Gasteiger partial charge in [-0.25, -0.2) is 0 Å². The Morgan fingerprint density at radius 3 is 0.696 bits per heavy atom. The van der Waals surface area contributed by atoms with E-state index in [2.05, 4.69) is 18.2 Å². The molecule has 23 heavy (non-hydrogen) atoms. The van der Waals surface area contributed by atoms with E-state index in [1.54, 1.807) is 0 Å². The summed E-state index contributed by atoms with van der Waals surface area (Å²) in [5.74, 6) is 0. The first-order valence-electron chi connectivity index (χ1n) is 6.02. The van der Waals surface area contributed by atoms with Gasteiger partial charge in [-0.05, 0) is 0 Å². The largest absolute Gasteiger partial charge is 3.00 e. The standard InChI is InChI=1S/3C6H5.CH2O.ClH.H3P.Rh/c3*1-2-4-6-5-3-1;1-2;;;/h3*1-5H;1H2;1H;1H3;/q3*-1;;;;+3. The Kier molecular flexibility index (Phi) is 37.1. The Morgan fingerprint density at radius 1 is 0.478 bits per heavy atom. The molecular formula is C19H21ClOPRh. The van der Waals surface area contributed by atoms with E-state index >= 15 is 0 Å². The summed E-state index contributed by atoms with van der Waals surface area (Å²) >= 11 is 0. The van der Waals surface area contributed by atoms with Crippen LogP contribution in [0.3, 0.4) is 0 Å². The molecule has 0 saturated carbocycles. The summed E-state index contributed by atoms with van der Waals surface area (Å²) in [5, 5.41) is 0. The van der Waals surface area contributed by atoms with Gasteiger partial charge in [0.15, 0.2) is 0 Å². The van der Waals surface area contributed by atoms with Crippen molar-refractivity contribution in [3.05, 3.63) is 109 Å². The number of hydrogen-bond acceptors (Lipinski definition) is 1. The van der Waals surface area contributed by atoms with Gasteiger partial charge in [-0.2, -0.15) is 119 Å². The molecular weight excluding hydrogens is 414 g/mol. The molecule has 1 unspecified atom stereocenters. The Bertz CT molecular complexity index is 328. The molecule has 4 heteroatoms. The maximum absolute atomic E-state index is 8.00. The monoisotopic (exact) mass is 434 g/mol. The van der Waals surface area contributed by atoms with Gasteiger partial charge in [-0.15, -0.1) is 12.4 Å². The molecule has 3 aromatic carbocycles. The van der Waals surface area contributed by atoms with E-state index in [4.69, 9.17) is 4.79 Å². The Hall–Kier alpha value is -1.33. The third-order valence-corrected chi connectivity index (χ3v) is 1.82. The minimum atomic E-state index is 0. The fraction of sp³-hybridized carbons (Fsp3) is 0. The van der Waals surface area contributed by atoms with Crippen molar-refractivity contribution in [3.63, 3.8) is 0 Å². The van der Waals surface area contributed by atoms with Gasteiger partial charge >= 0.3 is 19.5 Å². The first-order valence-corrected chi connectivity index (χ1v) is 6.02. The third-order valence-electron chi connectivity index (χ3n) is 1.82. The van der Waals surface area contributed by atoms with Crippen LogP contribution in [-0.4, -0.2) is 6.79 Å². The van der Waals surface area contributed by atoms with Gasteiger partial charge in [0.1, 0.15) is 6.79 Å². The van der Waals surface area contributed by atoms with Crippen LogP contribution in [0.4, 0.5) is 0 Å². The van der Waals surface area contributed by atoms with Crippen LogP contribution in [0, 0.1) is 18.2 Å². The number of rotatable bonds is 0. The van der Waals surface area contributed by atoms with Crippen molar-refractivity contribution in [3.8, 4) is 0 Å². The second-order valence-electron chi connectivity index (χ2n) is 3.23. The molecule has 3 aromatic rings. The van der Waals surface area contributed by atoms with Crippen molar-refractivity contribution >= 4 is 29.1 Å². The second kappa shape index (κ2) is 28.8. The summed E-state index contributed by atoms with van der Waals surface area (Å²) in [6, 6.07) is 37.5. The number of carbonyl (C=O) groups excluding carboxylic acids is 1. The van der Waals surface area contributed by atoms with Gasteiger partial charge in [0.25, 0.3) is 0 Å². The molecule has 0 bridgehead atoms. The minimum Gasteiger partial charge on any atom is -0.307 e. The van der Waals surface area contributed by atoms with Crippen molar-refractivity contribution in [2.45, 2.75) is 0 Å². The summed E-state index contributed by atoms with van der Waals surface area (Å²) in [4.78, 5) is 8.00. The molecule has 3 rings (SSSR count). The zero-order valence-electron chi connectivity index (χ0n) is 12.7. The average molecular weight is 435 g/mol. The molecule has 124 valence electrons. The molecule has 0 aliphatic rings. The first-order chi connectivity index (χ1) is 10.0. The van der Waals surface area contributed by atoms with Crippen molar-refractivity contribution in [2.75, 3.05) is 0 Å². The van der Waals surface area contributed by atoms with Crippen LogP contribution in [0.2, 0.25) is 0 Å². The van der Waals surface area contributed by atoms with Crippen molar-refractivity contribution in [2.24, 2.45) is 0 Å². The van der Waals surface area contributed by atoms with E-state index in [-0.39, 0.29) is 41.8 Å². The fourth-order valence-corrected chi connectivity index (χ4v) is 1.03. The van der Waals surface area contributed by atoms with Crippen molar-refractivity contribution < 1.29 is 24.3 Å². The molecule has 0 fully saturated rings. The van der Waals surface area contributed by atoms with E-state index in [0.29, 0.717) is 0 Å². The molecule has 0 aliphatic heterocycles. The zero-order valence-corrected chi connectivity index (χ0v) is 16.6. The summed E-state index contributed by atoms with van der Waals surface area (Å²) in [5.41, 5.74) is 0. The van der Waals surface area contributed by atoms with Crippen LogP contribution < -0.4 is 0 Å². The van der Waals surface area contributed by atoms with E-state index in [0.717, 1.165) is 0 Å². The maximum Gasteiger partial charge on any atom is 3.00 e. The second-order valence-corrected chi connectivity index (χ2v) is 3.23. The van der Waals surface area contributed by atoms with Crippen LogP contribution in [-0.2, 0) is 24.3 Å². The van der Waals surface area contributed by atoms with Crippen molar-refractivity contribution in [1.29, 1.82) is 0 Å². The van der Waals surface area contributed by atoms with Crippen LogP contribution in [0.1, 0.15) is 0 Å². The van der Waals surface area contributed by atoms with E-state index in [9.17, 15) is 0 Å². The molecule has 0 radical (unpaired) electrons. The Labute approximate surface area is 162 Å². The van der Waals surface area contributed by atoms with Gasteiger partial charge in [0, 0.05) is 0 Å². The van der Waals surface area contributed by atoms with Crippen molar-refractivity contribution in [1.82, 2.24) is 0 Å². The van der Waals surface area contributed by atoms with E-state index in [1.165, 1.54) is 0 Å². The minimum absolute atomic E-state index is 0. The quantitative estimate of drug-likeness (QED) is 0.283. The molecule has 1 atom stereocenters. The SMILES string of the molecule is C=O.Cl.P.[Rh+3].[c-]1ccccc1.[c-]1ccccc1.[c-]1ccccc1. The average Bonchev–Trinajstić information content (AvgIpc) is 2.62. The number of halogens is 1. The fourth-order valence-electron chi connectivity index (χ4n) is 1.03. The molecule has 0 aliphatic carbocycles. The Balaban J connectivity index is -0.000000105. The van der Waals surface area contributed by atoms with Crippen LogP contribution in [0.5, 0.6) is 0 Å². The summed E-state index contributed by atoms with van der Waals surface area (Å²) in [6.45, 7) is 2.00. The summed E-state index contributed by atoms with van der Waals surface area (Å²) in [7, 11) is 0. The predicted molar refractivity (Wildman–Crippen MR) is 101 cm³/mol. The summed E-state index contributed by atoms with van der Waals surface area (Å²) in [6.07, 6.45) is 0. The zero-order chi connectivity index (χ0) is 14.7. The van der Waals surface area contributed by atoms with Gasteiger partial charge in [0.05, 0.1) is 0 Å². The molecule has 0 N–H and O–H groups in total. The van der Waals surface area contributed by atoms with E-state index < -0.39 is 0 Å². The molecule has 0 amide bonds. The van der Waals surface area contributed by atoms with Gasteiger partial charge in [0.2, 0.25) is 0 Å². The molecule has 0 saturated heterocycles. The number of carbonyl (C=O) groups is 1. The predicted octanol–water partition coefficient (Wildman–Crippen LogP) is 4.75. The summed E-state index contributed by atoms with van der Waals surface area (Å²) < 4.78 is 0. The molecule has 0 spiro atoms.